The number of thiophene rings is 1. The average molecular weight is 290 g/mol. The maximum atomic E-state index is 13.5. The Morgan fingerprint density at radius 1 is 1.50 bits per heavy atom. The molecular formula is C14H11FN2O2S. The molecule has 0 spiro atoms. The van der Waals surface area contributed by atoms with Crippen molar-refractivity contribution in [2.24, 2.45) is 0 Å². The number of hydrogen-bond acceptors (Lipinski definition) is 5. The lowest BCUT2D eigenvalue weighted by Gasteiger charge is -2.07. The molecule has 0 atom stereocenters. The topological polar surface area (TPSA) is 62.1 Å². The summed E-state index contributed by atoms with van der Waals surface area (Å²) in [5, 5.41) is 13.6. The molecule has 1 aromatic heterocycles. The highest BCUT2D eigenvalue weighted by atomic mass is 32.1. The summed E-state index contributed by atoms with van der Waals surface area (Å²) in [6.45, 7) is 0.499. The number of hydrogen-bond donors (Lipinski definition) is 1. The van der Waals surface area contributed by atoms with Crippen LogP contribution in [-0.2, 0) is 11.3 Å². The number of carbonyl (C=O) groups is 1. The van der Waals surface area contributed by atoms with Crippen LogP contribution >= 0.6 is 11.3 Å². The molecule has 1 aromatic carbocycles. The SMILES string of the molecule is COC(=O)c1cc(NCc2cc(C#N)cs2)ccc1F. The lowest BCUT2D eigenvalue weighted by atomic mass is 10.2. The summed E-state index contributed by atoms with van der Waals surface area (Å²) < 4.78 is 18.0. The second-order valence-corrected chi connectivity index (χ2v) is 4.95. The van der Waals surface area contributed by atoms with Crippen LogP contribution in [0.2, 0.25) is 0 Å². The smallest absolute Gasteiger partial charge is 0.340 e. The van der Waals surface area contributed by atoms with Crippen LogP contribution in [0.1, 0.15) is 20.8 Å². The molecular weight excluding hydrogens is 279 g/mol. The number of methoxy groups -OCH3 is 1. The van der Waals surface area contributed by atoms with E-state index in [0.717, 1.165) is 4.88 Å². The van der Waals surface area contributed by atoms with E-state index >= 15 is 0 Å². The minimum Gasteiger partial charge on any atom is -0.465 e. The molecule has 20 heavy (non-hydrogen) atoms. The number of ether oxygens (including phenoxy) is 1. The van der Waals surface area contributed by atoms with Crippen molar-refractivity contribution in [3.63, 3.8) is 0 Å². The molecule has 2 aromatic rings. The van der Waals surface area contributed by atoms with Gasteiger partial charge in [-0.3, -0.25) is 0 Å². The molecule has 0 saturated heterocycles. The van der Waals surface area contributed by atoms with Gasteiger partial charge in [0.25, 0.3) is 0 Å². The van der Waals surface area contributed by atoms with E-state index in [1.54, 1.807) is 17.5 Å². The first-order valence-corrected chi connectivity index (χ1v) is 6.61. The fourth-order valence-electron chi connectivity index (χ4n) is 1.62. The number of nitrogens with one attached hydrogen (secondary N) is 1. The summed E-state index contributed by atoms with van der Waals surface area (Å²) in [4.78, 5) is 12.4. The Balaban J connectivity index is 2.10. The van der Waals surface area contributed by atoms with E-state index in [-0.39, 0.29) is 5.56 Å². The predicted octanol–water partition coefficient (Wildman–Crippen LogP) is 3.16. The lowest BCUT2D eigenvalue weighted by Crippen LogP contribution is -2.06. The van der Waals surface area contributed by atoms with Gasteiger partial charge >= 0.3 is 5.97 Å². The highest BCUT2D eigenvalue weighted by Crippen LogP contribution is 2.19. The van der Waals surface area contributed by atoms with Gasteiger partial charge in [0.2, 0.25) is 0 Å². The van der Waals surface area contributed by atoms with E-state index in [4.69, 9.17) is 5.26 Å². The Morgan fingerprint density at radius 3 is 2.95 bits per heavy atom. The summed E-state index contributed by atoms with van der Waals surface area (Å²) in [5.41, 5.74) is 1.11. The third-order valence-corrected chi connectivity index (χ3v) is 3.56. The van der Waals surface area contributed by atoms with Crippen molar-refractivity contribution in [3.8, 4) is 6.07 Å². The van der Waals surface area contributed by atoms with Crippen molar-refractivity contribution in [2.75, 3.05) is 12.4 Å². The number of nitriles is 1. The van der Waals surface area contributed by atoms with Gasteiger partial charge in [-0.05, 0) is 24.3 Å². The van der Waals surface area contributed by atoms with Crippen LogP contribution in [0.4, 0.5) is 10.1 Å². The van der Waals surface area contributed by atoms with Crippen molar-refractivity contribution in [1.29, 1.82) is 5.26 Å². The molecule has 102 valence electrons. The average Bonchev–Trinajstić information content (AvgIpc) is 2.93. The van der Waals surface area contributed by atoms with Crippen LogP contribution in [-0.4, -0.2) is 13.1 Å². The summed E-state index contributed by atoms with van der Waals surface area (Å²) >= 11 is 1.46. The first kappa shape index (κ1) is 14.0. The number of nitrogens with zero attached hydrogens (tertiary/aromatic N) is 1. The van der Waals surface area contributed by atoms with E-state index in [1.165, 1.54) is 30.6 Å². The normalized spacial score (nSPS) is 9.85. The fourth-order valence-corrected chi connectivity index (χ4v) is 2.37. The molecule has 0 radical (unpaired) electrons. The lowest BCUT2D eigenvalue weighted by molar-refractivity contribution is 0.0595. The molecule has 2 rings (SSSR count). The molecule has 0 saturated carbocycles. The molecule has 1 N–H and O–H groups in total. The number of anilines is 1. The molecule has 0 bridgehead atoms. The van der Waals surface area contributed by atoms with Crippen molar-refractivity contribution in [3.05, 3.63) is 51.5 Å². The van der Waals surface area contributed by atoms with Gasteiger partial charge in [0, 0.05) is 22.5 Å². The zero-order valence-electron chi connectivity index (χ0n) is 10.6. The number of rotatable bonds is 4. The summed E-state index contributed by atoms with van der Waals surface area (Å²) in [5.74, 6) is -1.33. The summed E-state index contributed by atoms with van der Waals surface area (Å²) in [7, 11) is 1.21. The van der Waals surface area contributed by atoms with Gasteiger partial charge in [-0.1, -0.05) is 0 Å². The second-order valence-electron chi connectivity index (χ2n) is 3.95. The zero-order chi connectivity index (χ0) is 14.5. The highest BCUT2D eigenvalue weighted by Gasteiger charge is 2.12. The third-order valence-electron chi connectivity index (χ3n) is 2.62. The van der Waals surface area contributed by atoms with E-state index in [2.05, 4.69) is 16.1 Å². The molecule has 1 heterocycles. The second kappa shape index (κ2) is 6.17. The fraction of sp³-hybridized carbons (Fsp3) is 0.143. The van der Waals surface area contributed by atoms with Crippen molar-refractivity contribution in [2.45, 2.75) is 6.54 Å². The number of benzene rings is 1. The van der Waals surface area contributed by atoms with Gasteiger partial charge < -0.3 is 10.1 Å². The summed E-state index contributed by atoms with van der Waals surface area (Å²) in [6, 6.07) is 7.99. The van der Waals surface area contributed by atoms with Crippen LogP contribution in [0.5, 0.6) is 0 Å². The van der Waals surface area contributed by atoms with Gasteiger partial charge in [0.05, 0.1) is 18.2 Å². The van der Waals surface area contributed by atoms with E-state index in [9.17, 15) is 9.18 Å². The van der Waals surface area contributed by atoms with Gasteiger partial charge in [-0.25, -0.2) is 9.18 Å². The van der Waals surface area contributed by atoms with E-state index < -0.39 is 11.8 Å². The van der Waals surface area contributed by atoms with Gasteiger partial charge in [0.1, 0.15) is 11.9 Å². The maximum absolute atomic E-state index is 13.5. The van der Waals surface area contributed by atoms with E-state index in [1.807, 2.05) is 0 Å². The number of esters is 1. The molecule has 0 aliphatic carbocycles. The van der Waals surface area contributed by atoms with Gasteiger partial charge in [0.15, 0.2) is 0 Å². The van der Waals surface area contributed by atoms with Gasteiger partial charge in [-0.15, -0.1) is 11.3 Å². The van der Waals surface area contributed by atoms with Crippen molar-refractivity contribution in [1.82, 2.24) is 0 Å². The Bertz CT molecular complexity index is 676. The molecule has 6 heteroatoms. The van der Waals surface area contributed by atoms with Crippen LogP contribution in [0.3, 0.4) is 0 Å². The Morgan fingerprint density at radius 2 is 2.30 bits per heavy atom. The zero-order valence-corrected chi connectivity index (χ0v) is 11.5. The third kappa shape index (κ3) is 3.13. The first-order chi connectivity index (χ1) is 9.63. The molecule has 0 amide bonds. The molecule has 0 unspecified atom stereocenters. The van der Waals surface area contributed by atoms with Crippen LogP contribution < -0.4 is 5.32 Å². The standard InChI is InChI=1S/C14H11FN2O2S/c1-19-14(18)12-5-10(2-3-13(12)15)17-7-11-4-9(6-16)8-20-11/h2-5,8,17H,7H2,1H3. The Hall–Kier alpha value is -2.39. The van der Waals surface area contributed by atoms with Crippen LogP contribution in [0.25, 0.3) is 0 Å². The maximum Gasteiger partial charge on any atom is 0.340 e. The van der Waals surface area contributed by atoms with E-state index in [0.29, 0.717) is 17.8 Å². The number of halogens is 1. The summed E-state index contributed by atoms with van der Waals surface area (Å²) in [6.07, 6.45) is 0. The van der Waals surface area contributed by atoms with Crippen LogP contribution in [0.15, 0.2) is 29.6 Å². The highest BCUT2D eigenvalue weighted by molar-refractivity contribution is 7.10. The minimum atomic E-state index is -0.714. The molecule has 0 aliphatic heterocycles. The van der Waals surface area contributed by atoms with Crippen molar-refractivity contribution < 1.29 is 13.9 Å². The monoisotopic (exact) mass is 290 g/mol. The van der Waals surface area contributed by atoms with Gasteiger partial charge in [-0.2, -0.15) is 5.26 Å². The first-order valence-electron chi connectivity index (χ1n) is 5.73. The van der Waals surface area contributed by atoms with Crippen LogP contribution in [0, 0.1) is 17.1 Å². The molecule has 0 fully saturated rings. The number of carbonyl (C=O) groups excluding carboxylic acids is 1. The largest absolute Gasteiger partial charge is 0.465 e. The van der Waals surface area contributed by atoms with Crippen molar-refractivity contribution >= 4 is 23.0 Å². The quantitative estimate of drug-likeness (QED) is 0.879. The molecule has 0 aliphatic rings. The molecule has 4 nitrogen and oxygen atoms in total. The predicted molar refractivity (Wildman–Crippen MR) is 74.1 cm³/mol. The Kier molecular flexibility index (Phi) is 4.33. The Labute approximate surface area is 119 Å². The minimum absolute atomic E-state index is 0.110.